The maximum atomic E-state index is 15.0. The van der Waals surface area contributed by atoms with Gasteiger partial charge in [0.15, 0.2) is 18.2 Å². The number of aliphatic hydroxyl groups excluding tert-OH is 1. The Labute approximate surface area is 236 Å². The number of ketones is 1. The van der Waals surface area contributed by atoms with Gasteiger partial charge in [-0.1, -0.05) is 33.8 Å². The first-order chi connectivity index (χ1) is 18.9. The predicted molar refractivity (Wildman–Crippen MR) is 145 cm³/mol. The molecule has 2 N–H and O–H groups in total. The Hall–Kier alpha value is -2.01. The average Bonchev–Trinajstić information content (AvgIpc) is 3.48. The maximum absolute atomic E-state index is 15.0. The molecule has 2 bridgehead atoms. The summed E-state index contributed by atoms with van der Waals surface area (Å²) in [6, 6.07) is 3.01. The lowest BCUT2D eigenvalue weighted by Crippen LogP contribution is -2.63. The zero-order valence-corrected chi connectivity index (χ0v) is 24.2. The van der Waals surface area contributed by atoms with E-state index in [1.807, 2.05) is 6.92 Å². The number of ether oxygens (including phenoxy) is 3. The lowest BCUT2D eigenvalue weighted by Gasteiger charge is -2.62. The van der Waals surface area contributed by atoms with E-state index in [2.05, 4.69) is 20.8 Å². The molecule has 1 aliphatic heterocycles. The minimum absolute atomic E-state index is 0.0162. The highest BCUT2D eigenvalue weighted by molar-refractivity contribution is 6.61. The number of carbonyl (C=O) groups is 2. The van der Waals surface area contributed by atoms with Crippen LogP contribution in [0.3, 0.4) is 0 Å². The van der Waals surface area contributed by atoms with Crippen LogP contribution in [0.15, 0.2) is 12.1 Å². The maximum Gasteiger partial charge on any atom is 0.494 e. The van der Waals surface area contributed by atoms with Crippen molar-refractivity contribution in [1.82, 2.24) is 0 Å². The molecule has 8 atom stereocenters. The number of benzene rings is 1. The van der Waals surface area contributed by atoms with Gasteiger partial charge < -0.3 is 29.0 Å². The van der Waals surface area contributed by atoms with Crippen LogP contribution in [0.25, 0.3) is 0 Å². The molecule has 1 aromatic carbocycles. The normalized spacial score (nSPS) is 38.9. The van der Waals surface area contributed by atoms with Gasteiger partial charge in [-0.25, -0.2) is 9.18 Å². The second-order valence-electron chi connectivity index (χ2n) is 13.2. The Morgan fingerprint density at radius 3 is 2.73 bits per heavy atom. The topological polar surface area (TPSA) is 112 Å². The van der Waals surface area contributed by atoms with Gasteiger partial charge in [-0.3, -0.25) is 4.79 Å². The Kier molecular flexibility index (Phi) is 7.87. The first-order valence-corrected chi connectivity index (χ1v) is 14.5. The second-order valence-corrected chi connectivity index (χ2v) is 13.2. The van der Waals surface area contributed by atoms with Gasteiger partial charge in [-0.05, 0) is 66.4 Å². The molecule has 5 rings (SSSR count). The van der Waals surface area contributed by atoms with Crippen LogP contribution in [0.4, 0.5) is 4.39 Å². The van der Waals surface area contributed by atoms with Gasteiger partial charge in [0, 0.05) is 36.9 Å². The fourth-order valence-electron chi connectivity index (χ4n) is 8.64. The molecule has 0 spiro atoms. The van der Waals surface area contributed by atoms with Gasteiger partial charge in [0.25, 0.3) is 0 Å². The fourth-order valence-corrected chi connectivity index (χ4v) is 8.64. The summed E-state index contributed by atoms with van der Waals surface area (Å²) in [4.78, 5) is 26.9. The number of Topliss-reactive ketones (excluding diaryl/α,β-unsaturated/α-hetero) is 1. The monoisotopic (exact) mass is 560 g/mol. The highest BCUT2D eigenvalue weighted by atomic mass is 19.1. The Balaban J connectivity index is 1.45. The van der Waals surface area contributed by atoms with Gasteiger partial charge in [-0.2, -0.15) is 0 Å². The molecule has 0 unspecified atom stereocenters. The standard InChI is InChI=1S/C30H42BFO8/c1-17-8-10-30-11-9-20(33)26(30)29(17,4)22(14-28(3,12-13-37-5)27(35)18(30)2)40-23(34)16-38-21-7-6-19-15-39-31(36)24(19)25(21)32/h6-7,17-18,22,26-27,35-36H,8-16H2,1-5H3/t17-,18-,22+,26-,27-,28+,29-,30-/m0/s1. The van der Waals surface area contributed by atoms with Crippen LogP contribution in [0.1, 0.15) is 71.8 Å². The third-order valence-electron chi connectivity index (χ3n) is 11.3. The van der Waals surface area contributed by atoms with E-state index in [1.165, 1.54) is 6.07 Å². The number of fused-ring (bicyclic) bond motifs is 1. The highest BCUT2D eigenvalue weighted by Gasteiger charge is 2.68. The molecule has 220 valence electrons. The Morgan fingerprint density at radius 1 is 1.25 bits per heavy atom. The largest absolute Gasteiger partial charge is 0.494 e. The number of aliphatic hydroxyl groups is 1. The molecule has 3 fully saturated rings. The minimum atomic E-state index is -1.38. The zero-order chi connectivity index (χ0) is 29.0. The first kappa shape index (κ1) is 29.5. The summed E-state index contributed by atoms with van der Waals surface area (Å²) in [7, 11) is 0.249. The molecule has 1 heterocycles. The van der Waals surface area contributed by atoms with Crippen molar-refractivity contribution in [3.63, 3.8) is 0 Å². The molecule has 10 heteroatoms. The lowest BCUT2D eigenvalue weighted by molar-refractivity contribution is -0.214. The summed E-state index contributed by atoms with van der Waals surface area (Å²) >= 11 is 0. The molecule has 4 aliphatic rings. The number of rotatable bonds is 7. The summed E-state index contributed by atoms with van der Waals surface area (Å²) in [5.74, 6) is -1.74. The van der Waals surface area contributed by atoms with E-state index >= 15 is 4.39 Å². The molecule has 0 amide bonds. The summed E-state index contributed by atoms with van der Waals surface area (Å²) in [5.41, 5.74) is -1.07. The fraction of sp³-hybridized carbons (Fsp3) is 0.733. The zero-order valence-electron chi connectivity index (χ0n) is 24.2. The van der Waals surface area contributed by atoms with E-state index in [4.69, 9.17) is 18.9 Å². The van der Waals surface area contributed by atoms with Crippen LogP contribution in [0.2, 0.25) is 0 Å². The van der Waals surface area contributed by atoms with E-state index in [-0.39, 0.29) is 46.8 Å². The number of halogens is 1. The van der Waals surface area contributed by atoms with E-state index in [9.17, 15) is 19.7 Å². The average molecular weight is 560 g/mol. The Morgan fingerprint density at radius 2 is 2.00 bits per heavy atom. The van der Waals surface area contributed by atoms with Crippen molar-refractivity contribution in [2.75, 3.05) is 20.3 Å². The smallest absolute Gasteiger partial charge is 0.479 e. The second kappa shape index (κ2) is 10.7. The van der Waals surface area contributed by atoms with E-state index in [1.54, 1.807) is 13.2 Å². The summed E-state index contributed by atoms with van der Waals surface area (Å²) < 4.78 is 37.2. The predicted octanol–water partition coefficient (Wildman–Crippen LogP) is 3.18. The molecule has 1 aromatic rings. The number of hydrogen-bond donors (Lipinski definition) is 2. The molecular formula is C30H42BFO8. The van der Waals surface area contributed by atoms with Crippen LogP contribution in [-0.2, 0) is 30.3 Å². The van der Waals surface area contributed by atoms with E-state index < -0.39 is 48.5 Å². The van der Waals surface area contributed by atoms with E-state index in [0.717, 1.165) is 19.3 Å². The number of carbonyl (C=O) groups excluding carboxylic acids is 2. The summed E-state index contributed by atoms with van der Waals surface area (Å²) in [5, 5.41) is 21.8. The van der Waals surface area contributed by atoms with E-state index in [0.29, 0.717) is 31.4 Å². The number of methoxy groups -OCH3 is 1. The molecule has 0 saturated heterocycles. The quantitative estimate of drug-likeness (QED) is 0.387. The summed E-state index contributed by atoms with van der Waals surface area (Å²) in [6.45, 7) is 8.34. The van der Waals surface area contributed by atoms with Gasteiger partial charge >= 0.3 is 13.1 Å². The molecule has 0 radical (unpaired) electrons. The van der Waals surface area contributed by atoms with Crippen molar-refractivity contribution in [1.29, 1.82) is 0 Å². The van der Waals surface area contributed by atoms with Crippen LogP contribution >= 0.6 is 0 Å². The van der Waals surface area contributed by atoms with Crippen LogP contribution in [0.5, 0.6) is 5.75 Å². The summed E-state index contributed by atoms with van der Waals surface area (Å²) in [6.07, 6.45) is 2.51. The van der Waals surface area contributed by atoms with Gasteiger partial charge in [-0.15, -0.1) is 0 Å². The molecule has 3 saturated carbocycles. The molecule has 0 aromatic heterocycles. The van der Waals surface area contributed by atoms with Crippen LogP contribution in [0, 0.1) is 39.8 Å². The van der Waals surface area contributed by atoms with Crippen molar-refractivity contribution < 1.29 is 43.0 Å². The van der Waals surface area contributed by atoms with Gasteiger partial charge in [0.2, 0.25) is 0 Å². The van der Waals surface area contributed by atoms with Crippen molar-refractivity contribution >= 4 is 24.3 Å². The number of hydrogen-bond acceptors (Lipinski definition) is 8. The van der Waals surface area contributed by atoms with Crippen LogP contribution in [-0.4, -0.2) is 61.5 Å². The molecule has 40 heavy (non-hydrogen) atoms. The van der Waals surface area contributed by atoms with Crippen molar-refractivity contribution in [3.05, 3.63) is 23.5 Å². The first-order valence-electron chi connectivity index (χ1n) is 14.5. The Bertz CT molecular complexity index is 1160. The third kappa shape index (κ3) is 4.50. The molecule has 3 aliphatic carbocycles. The van der Waals surface area contributed by atoms with Crippen molar-refractivity contribution in [2.45, 2.75) is 85.0 Å². The van der Waals surface area contributed by atoms with Crippen LogP contribution < -0.4 is 10.2 Å². The lowest BCUT2D eigenvalue weighted by atomic mass is 9.43. The highest BCUT2D eigenvalue weighted by Crippen LogP contribution is 2.68. The SMILES string of the molecule is COCC[C@]1(C)C[C@@H](OC(=O)COc2ccc3c(c2F)B(O)OC3)[C@@]2(C)[C@@H]3C(=O)CC[C@@]3(CC[C@@H]2C)[C@@H](C)[C@@H]1O. The molecule has 8 nitrogen and oxygen atoms in total. The third-order valence-corrected chi connectivity index (χ3v) is 11.3. The number of esters is 1. The minimum Gasteiger partial charge on any atom is -0.479 e. The van der Waals surface area contributed by atoms with Crippen molar-refractivity contribution in [2.24, 2.45) is 34.0 Å². The van der Waals surface area contributed by atoms with Crippen molar-refractivity contribution in [3.8, 4) is 5.75 Å². The van der Waals surface area contributed by atoms with Gasteiger partial charge in [0.05, 0.1) is 12.7 Å². The van der Waals surface area contributed by atoms with Gasteiger partial charge in [0.1, 0.15) is 11.9 Å². The molecular weight excluding hydrogens is 518 g/mol.